The molecule has 0 bridgehead atoms. The van der Waals surface area contributed by atoms with Gasteiger partial charge in [-0.2, -0.15) is 0 Å². The van der Waals surface area contributed by atoms with Gasteiger partial charge in [-0.3, -0.25) is 9.78 Å². The van der Waals surface area contributed by atoms with E-state index in [4.69, 9.17) is 12.2 Å². The SMILES string of the molecule is O=C1C2=C(NC(=S)NC2c2cccnc2)c2ccccc21. The maximum atomic E-state index is 12.7. The number of Topliss-reactive ketones (excluding diaryl/α,β-unsaturated/α-hetero) is 1. The lowest BCUT2D eigenvalue weighted by atomic mass is 9.96. The number of nitrogens with zero attached hydrogens (tertiary/aromatic N) is 1. The maximum absolute atomic E-state index is 12.7. The van der Waals surface area contributed by atoms with Crippen LogP contribution < -0.4 is 10.6 Å². The Hall–Kier alpha value is -2.53. The molecule has 0 amide bonds. The Morgan fingerprint density at radius 1 is 1.10 bits per heavy atom. The summed E-state index contributed by atoms with van der Waals surface area (Å²) in [5.41, 5.74) is 4.08. The van der Waals surface area contributed by atoms with Gasteiger partial charge >= 0.3 is 0 Å². The third kappa shape index (κ3) is 1.78. The number of benzene rings is 1. The van der Waals surface area contributed by atoms with Crippen molar-refractivity contribution in [2.75, 3.05) is 0 Å². The highest BCUT2D eigenvalue weighted by Gasteiger charge is 2.38. The van der Waals surface area contributed by atoms with E-state index in [-0.39, 0.29) is 11.8 Å². The molecule has 1 atom stereocenters. The normalized spacial score (nSPS) is 19.7. The van der Waals surface area contributed by atoms with Crippen LogP contribution in [0.1, 0.15) is 27.5 Å². The first kappa shape index (κ1) is 12.2. The zero-order valence-electron chi connectivity index (χ0n) is 11.0. The van der Waals surface area contributed by atoms with Crippen molar-refractivity contribution >= 4 is 28.8 Å². The molecule has 4 rings (SSSR count). The minimum Gasteiger partial charge on any atom is -0.351 e. The van der Waals surface area contributed by atoms with Gasteiger partial charge < -0.3 is 10.6 Å². The van der Waals surface area contributed by atoms with E-state index in [1.165, 1.54) is 0 Å². The Kier molecular flexibility index (Phi) is 2.62. The van der Waals surface area contributed by atoms with Gasteiger partial charge in [-0.05, 0) is 23.8 Å². The number of ketones is 1. The molecule has 102 valence electrons. The molecule has 2 aliphatic rings. The summed E-state index contributed by atoms with van der Waals surface area (Å²) in [6.07, 6.45) is 3.47. The number of thiocarbonyl (C=S) groups is 1. The van der Waals surface area contributed by atoms with Crippen LogP contribution >= 0.6 is 12.2 Å². The van der Waals surface area contributed by atoms with E-state index in [2.05, 4.69) is 15.6 Å². The standard InChI is InChI=1S/C16H11N3OS/c20-15-11-6-2-1-5-10(11)14-12(15)13(18-16(21)19-14)9-4-3-7-17-8-9/h1-8,13H,(H2,18,19,21). The van der Waals surface area contributed by atoms with Crippen molar-refractivity contribution in [2.45, 2.75) is 6.04 Å². The molecule has 4 nitrogen and oxygen atoms in total. The lowest BCUT2D eigenvalue weighted by Crippen LogP contribution is -2.43. The Bertz CT molecular complexity index is 798. The number of hydrogen-bond donors (Lipinski definition) is 2. The molecule has 5 heteroatoms. The first-order valence-corrected chi connectivity index (χ1v) is 7.02. The summed E-state index contributed by atoms with van der Waals surface area (Å²) in [7, 11) is 0. The highest BCUT2D eigenvalue weighted by molar-refractivity contribution is 7.80. The first-order chi connectivity index (χ1) is 10.3. The van der Waals surface area contributed by atoms with Crippen LogP contribution in [0.2, 0.25) is 0 Å². The summed E-state index contributed by atoms with van der Waals surface area (Å²) >= 11 is 5.29. The molecule has 1 aliphatic carbocycles. The van der Waals surface area contributed by atoms with Crippen LogP contribution in [-0.2, 0) is 0 Å². The molecule has 2 N–H and O–H groups in total. The lowest BCUT2D eigenvalue weighted by molar-refractivity contribution is 0.103. The van der Waals surface area contributed by atoms with Crippen molar-refractivity contribution in [1.82, 2.24) is 15.6 Å². The van der Waals surface area contributed by atoms with Crippen LogP contribution in [0.3, 0.4) is 0 Å². The van der Waals surface area contributed by atoms with Gasteiger partial charge in [0.05, 0.1) is 17.3 Å². The van der Waals surface area contributed by atoms with E-state index < -0.39 is 0 Å². The monoisotopic (exact) mass is 293 g/mol. The average molecular weight is 293 g/mol. The Labute approximate surface area is 126 Å². The van der Waals surface area contributed by atoms with Gasteiger partial charge in [-0.1, -0.05) is 30.3 Å². The number of nitrogens with one attached hydrogen (secondary N) is 2. The molecule has 2 heterocycles. The number of aromatic nitrogens is 1. The number of rotatable bonds is 1. The van der Waals surface area contributed by atoms with Crippen molar-refractivity contribution in [1.29, 1.82) is 0 Å². The lowest BCUT2D eigenvalue weighted by Gasteiger charge is -2.28. The third-order valence-electron chi connectivity index (χ3n) is 3.78. The number of hydrogen-bond acceptors (Lipinski definition) is 3. The second-order valence-electron chi connectivity index (χ2n) is 4.98. The van der Waals surface area contributed by atoms with Crippen molar-refractivity contribution in [2.24, 2.45) is 0 Å². The zero-order chi connectivity index (χ0) is 14.4. The van der Waals surface area contributed by atoms with Crippen LogP contribution in [-0.4, -0.2) is 15.9 Å². The number of carbonyl (C=O) groups excluding carboxylic acids is 1. The van der Waals surface area contributed by atoms with E-state index in [9.17, 15) is 4.79 Å². The molecule has 1 aromatic carbocycles. The summed E-state index contributed by atoms with van der Waals surface area (Å²) in [6, 6.07) is 11.1. The minimum absolute atomic E-state index is 0.0388. The fourth-order valence-electron chi connectivity index (χ4n) is 2.86. The number of carbonyl (C=O) groups is 1. The predicted octanol–water partition coefficient (Wildman–Crippen LogP) is 2.21. The van der Waals surface area contributed by atoms with Crippen molar-refractivity contribution in [3.8, 4) is 0 Å². The summed E-state index contributed by atoms with van der Waals surface area (Å²) < 4.78 is 0. The predicted molar refractivity (Wildman–Crippen MR) is 83.5 cm³/mol. The molecular weight excluding hydrogens is 282 g/mol. The van der Waals surface area contributed by atoms with Gasteiger partial charge in [0, 0.05) is 23.5 Å². The molecule has 21 heavy (non-hydrogen) atoms. The third-order valence-corrected chi connectivity index (χ3v) is 4.00. The smallest absolute Gasteiger partial charge is 0.194 e. The average Bonchev–Trinajstić information content (AvgIpc) is 2.81. The molecule has 0 fully saturated rings. The van der Waals surface area contributed by atoms with Crippen molar-refractivity contribution < 1.29 is 4.79 Å². The summed E-state index contributed by atoms with van der Waals surface area (Å²) in [6.45, 7) is 0. The quantitative estimate of drug-likeness (QED) is 0.790. The summed E-state index contributed by atoms with van der Waals surface area (Å²) in [5, 5.41) is 6.81. The van der Waals surface area contributed by atoms with Crippen LogP contribution in [0.4, 0.5) is 0 Å². The highest BCUT2D eigenvalue weighted by atomic mass is 32.1. The minimum atomic E-state index is -0.262. The molecule has 0 radical (unpaired) electrons. The molecule has 1 aromatic heterocycles. The van der Waals surface area contributed by atoms with Gasteiger partial charge in [0.1, 0.15) is 0 Å². The van der Waals surface area contributed by atoms with E-state index in [0.717, 1.165) is 22.4 Å². The Morgan fingerprint density at radius 2 is 1.90 bits per heavy atom. The molecule has 0 saturated heterocycles. The van der Waals surface area contributed by atoms with E-state index in [1.54, 1.807) is 12.4 Å². The molecule has 2 aromatic rings. The molecule has 1 unspecified atom stereocenters. The largest absolute Gasteiger partial charge is 0.351 e. The topological polar surface area (TPSA) is 54.0 Å². The second kappa shape index (κ2) is 4.49. The van der Waals surface area contributed by atoms with Crippen LogP contribution in [0.5, 0.6) is 0 Å². The fourth-order valence-corrected chi connectivity index (χ4v) is 3.08. The van der Waals surface area contributed by atoms with Crippen molar-refractivity contribution in [3.05, 3.63) is 71.1 Å². The Morgan fingerprint density at radius 3 is 2.67 bits per heavy atom. The summed E-state index contributed by atoms with van der Waals surface area (Å²) in [5.74, 6) is 0.0388. The van der Waals surface area contributed by atoms with Gasteiger partial charge in [-0.15, -0.1) is 0 Å². The molecule has 0 saturated carbocycles. The second-order valence-corrected chi connectivity index (χ2v) is 5.39. The van der Waals surface area contributed by atoms with Crippen molar-refractivity contribution in [3.63, 3.8) is 0 Å². The van der Waals surface area contributed by atoms with E-state index >= 15 is 0 Å². The Balaban J connectivity index is 1.91. The first-order valence-electron chi connectivity index (χ1n) is 6.61. The van der Waals surface area contributed by atoms with Gasteiger partial charge in [0.2, 0.25) is 0 Å². The molecule has 1 aliphatic heterocycles. The molecule has 0 spiro atoms. The molecular formula is C16H11N3OS. The maximum Gasteiger partial charge on any atom is 0.194 e. The highest BCUT2D eigenvalue weighted by Crippen LogP contribution is 2.39. The number of pyridine rings is 1. The van der Waals surface area contributed by atoms with E-state index in [1.807, 2.05) is 36.4 Å². The zero-order valence-corrected chi connectivity index (χ0v) is 11.8. The summed E-state index contributed by atoms with van der Waals surface area (Å²) in [4.78, 5) is 16.9. The fraction of sp³-hybridized carbons (Fsp3) is 0.0625. The van der Waals surface area contributed by atoms with Crippen LogP contribution in [0, 0.1) is 0 Å². The van der Waals surface area contributed by atoms with Gasteiger partial charge in [-0.25, -0.2) is 0 Å². The van der Waals surface area contributed by atoms with Gasteiger partial charge in [0.25, 0.3) is 0 Å². The van der Waals surface area contributed by atoms with E-state index in [0.29, 0.717) is 10.7 Å². The number of fused-ring (bicyclic) bond motifs is 2. The van der Waals surface area contributed by atoms with Crippen LogP contribution in [0.25, 0.3) is 5.70 Å². The van der Waals surface area contributed by atoms with Gasteiger partial charge in [0.15, 0.2) is 10.9 Å². The van der Waals surface area contributed by atoms with Crippen LogP contribution in [0.15, 0.2) is 54.4 Å².